The van der Waals surface area contributed by atoms with Gasteiger partial charge in [0.2, 0.25) is 0 Å². The van der Waals surface area contributed by atoms with Gasteiger partial charge in [-0.05, 0) is 243 Å². The molecule has 0 heterocycles. The smallest absolute Gasteiger partial charge is 0.267 e. The van der Waals surface area contributed by atoms with E-state index < -0.39 is 47.3 Å². The van der Waals surface area contributed by atoms with E-state index in [-0.39, 0.29) is 131 Å². The van der Waals surface area contributed by atoms with Crippen LogP contribution in [0.5, 0.6) is 23.0 Å². The predicted molar refractivity (Wildman–Crippen MR) is 554 cm³/mol. The molecule has 31 heteroatoms. The Morgan fingerprint density at radius 1 is 0.287 bits per heavy atom. The number of hydrogen-bond donors (Lipinski definition) is 17. The highest BCUT2D eigenvalue weighted by atomic mass is 16.5. The second-order valence-electron chi connectivity index (χ2n) is 34.4. The molecule has 10 aromatic carbocycles. The zero-order valence-electron chi connectivity index (χ0n) is 83.2. The van der Waals surface area contributed by atoms with Crippen molar-refractivity contribution in [2.45, 2.75) is 115 Å². The Labute approximate surface area is 836 Å². The standard InChI is InChI=1S/C25H32N2O5.C23H28N2O5.C23H28N2O4.C21H24N2O4.C20H22N2O3/c1-17(2)16-31-21-11-7-20(8-12-21)24(29)27-23(25(30)26-13-14-28)15-19-5-9-22(10-6-19)32-18(3)4;1-16(2)15-30-20-9-7-19(8-10-20)22(28)25-21(23(29)24-11-12-26)13-17-3-5-18(14-27)6-4-17;1-23(2,3)19-10-8-18(9-11-19)21(28)25-20(22(29)24-12-13-26)14-16-4-6-17(15-27)7-5-16;1-3-27-18-10-6-16(7-11-18)14-19(21(26)22-12-13-24)23-20(25)17-8-4-15(2)5-9-17;1-14-3-7-16(8-4-14)13-18(20(25)21-11-12-23)22-19(24)17-9-5-15(2)6-10-17/h5-12,15,17-18,28H,13-14,16H2,1-4H3,(H,26,30)(H,27,29);3-10,13,16,26-27H,11-12,14-15H2,1-2H3,(H,24,29)(H,25,28);4-11,14,26-27H,12-13,15H2,1-3H3,(H,24,29)(H,25,28);4-11,14,24H,3,12-13H2,1-2H3,(H,22,26)(H,23,25);3-10,13,23H,11-12H2,1-2H3,(H,21,25)(H,22,24)/b23-15-;21-13-;20-14-;19-14-;18-13-. The number of carbonyl (C=O) groups is 10. The molecule has 0 spiro atoms. The van der Waals surface area contributed by atoms with E-state index in [1.165, 1.54) is 6.08 Å². The Hall–Kier alpha value is -15.5. The molecule has 0 aromatic heterocycles. The minimum absolute atomic E-state index is 0.0228. The highest BCUT2D eigenvalue weighted by molar-refractivity contribution is 6.09. The Kier molecular flexibility index (Phi) is 50.8. The number of nitrogens with one attached hydrogen (secondary N) is 10. The molecule has 0 aliphatic heterocycles. The van der Waals surface area contributed by atoms with E-state index in [4.69, 9.17) is 54.7 Å². The Morgan fingerprint density at radius 2 is 0.497 bits per heavy atom. The lowest BCUT2D eigenvalue weighted by molar-refractivity contribution is -0.118. The third kappa shape index (κ3) is 43.8. The van der Waals surface area contributed by atoms with E-state index in [2.05, 4.69) is 102 Å². The Morgan fingerprint density at radius 3 is 0.720 bits per heavy atom. The van der Waals surface area contributed by atoms with Gasteiger partial charge in [0.1, 0.15) is 51.5 Å². The Bertz CT molecular complexity index is 5860. The normalized spacial score (nSPS) is 11.3. The molecule has 0 aliphatic rings. The number of ether oxygens (including phenoxy) is 4. The fourth-order valence-corrected chi connectivity index (χ4v) is 12.2. The summed E-state index contributed by atoms with van der Waals surface area (Å²) < 4.78 is 22.3. The average Bonchev–Trinajstić information content (AvgIpc) is 0.844. The summed E-state index contributed by atoms with van der Waals surface area (Å²) in [5, 5.41) is 89.0. The van der Waals surface area contributed by atoms with Gasteiger partial charge in [0.15, 0.2) is 0 Å². The molecule has 0 radical (unpaired) electrons. The fourth-order valence-electron chi connectivity index (χ4n) is 12.2. The molecule has 0 aliphatic carbocycles. The average molecular weight is 1960 g/mol. The van der Waals surface area contributed by atoms with Crippen molar-refractivity contribution in [2.24, 2.45) is 11.8 Å². The molecule has 0 saturated carbocycles. The van der Waals surface area contributed by atoms with Crippen LogP contribution < -0.4 is 72.1 Å². The fraction of sp³-hybridized carbons (Fsp3) is 0.286. The molecule has 10 aromatic rings. The van der Waals surface area contributed by atoms with Crippen LogP contribution in [0.4, 0.5) is 0 Å². The maximum atomic E-state index is 12.7. The predicted octanol–water partition coefficient (Wildman–Crippen LogP) is 12.3. The van der Waals surface area contributed by atoms with Crippen LogP contribution in [0.1, 0.15) is 182 Å². The molecule has 143 heavy (non-hydrogen) atoms. The number of rotatable bonds is 42. The Balaban J connectivity index is 0.000000274. The van der Waals surface area contributed by atoms with Crippen molar-refractivity contribution in [3.05, 3.63) is 360 Å². The molecule has 0 unspecified atom stereocenters. The van der Waals surface area contributed by atoms with Gasteiger partial charge in [-0.15, -0.1) is 0 Å². The number of aliphatic hydroxyl groups is 7. The zero-order valence-corrected chi connectivity index (χ0v) is 83.2. The van der Waals surface area contributed by atoms with E-state index in [0.717, 1.165) is 50.3 Å². The summed E-state index contributed by atoms with van der Waals surface area (Å²) in [5.41, 5.74) is 11.9. The van der Waals surface area contributed by atoms with Gasteiger partial charge in [-0.2, -0.15) is 0 Å². The van der Waals surface area contributed by atoms with Crippen LogP contribution in [-0.2, 0) is 42.6 Å². The summed E-state index contributed by atoms with van der Waals surface area (Å²) in [6, 6.07) is 70.7. The molecule has 10 rings (SSSR count). The van der Waals surface area contributed by atoms with Gasteiger partial charge in [0, 0.05) is 60.5 Å². The second-order valence-corrected chi connectivity index (χ2v) is 34.4. The lowest BCUT2D eigenvalue weighted by Gasteiger charge is -2.19. The summed E-state index contributed by atoms with van der Waals surface area (Å²) in [6.07, 6.45) is 7.90. The van der Waals surface area contributed by atoms with Crippen molar-refractivity contribution >= 4 is 89.5 Å². The van der Waals surface area contributed by atoms with Crippen molar-refractivity contribution in [3.8, 4) is 23.0 Å². The quantitative estimate of drug-likeness (QED) is 0.0158. The first-order valence-corrected chi connectivity index (χ1v) is 46.7. The minimum Gasteiger partial charge on any atom is -0.494 e. The van der Waals surface area contributed by atoms with E-state index in [9.17, 15) is 47.9 Å². The van der Waals surface area contributed by atoms with Crippen molar-refractivity contribution in [2.75, 3.05) is 85.6 Å². The summed E-state index contributed by atoms with van der Waals surface area (Å²) in [6.45, 7) is 27.2. The van der Waals surface area contributed by atoms with Gasteiger partial charge in [-0.1, -0.05) is 199 Å². The van der Waals surface area contributed by atoms with Crippen LogP contribution in [-0.4, -0.2) is 187 Å². The molecule has 31 nitrogen and oxygen atoms in total. The first-order valence-electron chi connectivity index (χ1n) is 46.7. The van der Waals surface area contributed by atoms with Crippen molar-refractivity contribution < 1.29 is 103 Å². The first kappa shape index (κ1) is 116. The molecule has 17 N–H and O–H groups in total. The van der Waals surface area contributed by atoms with Gasteiger partial charge in [0.05, 0.1) is 72.2 Å². The monoisotopic (exact) mass is 1950 g/mol. The van der Waals surface area contributed by atoms with Crippen LogP contribution in [0.2, 0.25) is 0 Å². The van der Waals surface area contributed by atoms with Crippen molar-refractivity contribution in [1.29, 1.82) is 0 Å². The maximum absolute atomic E-state index is 12.7. The number of hydrogen-bond acceptors (Lipinski definition) is 21. The topological polar surface area (TPSA) is 470 Å². The lowest BCUT2D eigenvalue weighted by Crippen LogP contribution is -2.36. The number of carbonyl (C=O) groups excluding carboxylic acids is 10. The third-order valence-electron chi connectivity index (χ3n) is 19.9. The van der Waals surface area contributed by atoms with Gasteiger partial charge >= 0.3 is 0 Å². The molecule has 0 bridgehead atoms. The SMILES string of the molecule is CC(C)(C)c1ccc(C(=O)N/C(=C\c2ccc(CO)cc2)C(=O)NCCO)cc1.CC(C)COc1ccc(C(=O)N/C(=C\c2ccc(CO)cc2)C(=O)NCCO)cc1.CC(C)COc1ccc(C(=O)N/C(=C\c2ccc(OC(C)C)cc2)C(=O)NCCO)cc1.CCOc1ccc(/C=C(\NC(=O)c2ccc(C)cc2)C(=O)NCCO)cc1.Cc1ccc(/C=C(\NC(=O)c2ccc(C)cc2)C(=O)NCCO)cc1. The van der Waals surface area contributed by atoms with Crippen LogP contribution in [0, 0.1) is 32.6 Å². The lowest BCUT2D eigenvalue weighted by atomic mass is 9.87. The van der Waals surface area contributed by atoms with E-state index in [1.807, 2.05) is 102 Å². The van der Waals surface area contributed by atoms with Gasteiger partial charge < -0.3 is 108 Å². The van der Waals surface area contributed by atoms with E-state index in [0.29, 0.717) is 93.4 Å². The van der Waals surface area contributed by atoms with Crippen LogP contribution in [0.25, 0.3) is 30.4 Å². The van der Waals surface area contributed by atoms with Gasteiger partial charge in [0.25, 0.3) is 59.1 Å². The second kappa shape index (κ2) is 62.5. The summed E-state index contributed by atoms with van der Waals surface area (Å²) >= 11 is 0. The minimum atomic E-state index is -0.513. The van der Waals surface area contributed by atoms with Crippen molar-refractivity contribution in [1.82, 2.24) is 53.2 Å². The van der Waals surface area contributed by atoms with E-state index in [1.54, 1.807) is 206 Å². The highest BCUT2D eigenvalue weighted by Crippen LogP contribution is 2.25. The summed E-state index contributed by atoms with van der Waals surface area (Å²) in [5.74, 6) is -0.864. The summed E-state index contributed by atoms with van der Waals surface area (Å²) in [4.78, 5) is 125. The third-order valence-corrected chi connectivity index (χ3v) is 19.9. The van der Waals surface area contributed by atoms with Crippen molar-refractivity contribution in [3.63, 3.8) is 0 Å². The number of aryl methyl sites for hydroxylation is 3. The summed E-state index contributed by atoms with van der Waals surface area (Å²) in [7, 11) is 0. The van der Waals surface area contributed by atoms with Crippen LogP contribution in [0.3, 0.4) is 0 Å². The first-order chi connectivity index (χ1) is 68.5. The van der Waals surface area contributed by atoms with Crippen LogP contribution >= 0.6 is 0 Å². The number of aliphatic hydroxyl groups excluding tert-OH is 7. The number of benzene rings is 10. The molecular weight excluding hydrogens is 1820 g/mol. The largest absolute Gasteiger partial charge is 0.494 e. The van der Waals surface area contributed by atoms with Gasteiger partial charge in [-0.25, -0.2) is 0 Å². The molecule has 10 amide bonds. The molecule has 0 saturated heterocycles. The van der Waals surface area contributed by atoms with E-state index >= 15 is 0 Å². The zero-order chi connectivity index (χ0) is 105. The molecule has 758 valence electrons. The maximum Gasteiger partial charge on any atom is 0.267 e. The van der Waals surface area contributed by atoms with Gasteiger partial charge in [-0.3, -0.25) is 47.9 Å². The highest BCUT2D eigenvalue weighted by Gasteiger charge is 2.23. The number of amides is 10. The molecule has 0 fully saturated rings. The molecular formula is C112H134N10O21. The molecule has 0 atom stereocenters. The van der Waals surface area contributed by atoms with Crippen LogP contribution in [0.15, 0.2) is 271 Å².